The molecule has 8 heavy (non-hydrogen) atoms. The van der Waals surface area contributed by atoms with E-state index >= 15 is 0 Å². The van der Waals surface area contributed by atoms with Crippen LogP contribution >= 0.6 is 0 Å². The fraction of sp³-hybridized carbons (Fsp3) is 0.750. The first-order valence-electron chi connectivity index (χ1n) is 2.33. The molecule has 0 saturated carbocycles. The summed E-state index contributed by atoms with van der Waals surface area (Å²) in [5, 5.41) is 0. The van der Waals surface area contributed by atoms with E-state index in [0.717, 1.165) is 0 Å². The van der Waals surface area contributed by atoms with Gasteiger partial charge in [0.2, 0.25) is 0 Å². The Morgan fingerprint density at radius 2 is 2.38 bits per heavy atom. The molecule has 0 heterocycles. The van der Waals surface area contributed by atoms with E-state index in [9.17, 15) is 4.79 Å². The van der Waals surface area contributed by atoms with Crippen molar-refractivity contribution in [2.45, 2.75) is 6.92 Å². The molecular weight excluding hydrogens is 108 g/mol. The summed E-state index contributed by atoms with van der Waals surface area (Å²) in [6.45, 7) is 1.92. The highest BCUT2D eigenvalue weighted by atomic mass is 16.7. The zero-order chi connectivity index (χ0) is 6.57. The quantitative estimate of drug-likeness (QED) is 0.456. The largest absolute Gasteiger partial charge is 0.373 e. The van der Waals surface area contributed by atoms with E-state index in [1.165, 1.54) is 0 Å². The molecule has 4 N–H and O–H groups in total. The van der Waals surface area contributed by atoms with Crippen molar-refractivity contribution in [1.82, 2.24) is 0 Å². The summed E-state index contributed by atoms with van der Waals surface area (Å²) in [7, 11) is 0. The van der Waals surface area contributed by atoms with Gasteiger partial charge in [-0.25, -0.2) is 0 Å². The molecule has 0 amide bonds. The maximum Gasteiger partial charge on any atom is 0.328 e. The van der Waals surface area contributed by atoms with Crippen LogP contribution < -0.4 is 11.6 Å². The lowest BCUT2D eigenvalue weighted by Crippen LogP contribution is -2.24. The van der Waals surface area contributed by atoms with Gasteiger partial charge in [0, 0.05) is 6.54 Å². The first-order chi connectivity index (χ1) is 3.72. The van der Waals surface area contributed by atoms with Crippen LogP contribution in [-0.4, -0.2) is 12.5 Å². The van der Waals surface area contributed by atoms with Crippen molar-refractivity contribution in [3.8, 4) is 0 Å². The number of hydrogen-bond acceptors (Lipinski definition) is 4. The molecule has 4 nitrogen and oxygen atoms in total. The van der Waals surface area contributed by atoms with Crippen molar-refractivity contribution < 1.29 is 9.63 Å². The van der Waals surface area contributed by atoms with Crippen LogP contribution in [0.5, 0.6) is 0 Å². The average molecular weight is 118 g/mol. The maximum absolute atomic E-state index is 10.3. The van der Waals surface area contributed by atoms with Crippen LogP contribution in [0.2, 0.25) is 0 Å². The zero-order valence-electron chi connectivity index (χ0n) is 4.76. The van der Waals surface area contributed by atoms with Crippen LogP contribution in [0.4, 0.5) is 0 Å². The summed E-state index contributed by atoms with van der Waals surface area (Å²) in [6.07, 6.45) is 0. The van der Waals surface area contributed by atoms with Crippen LogP contribution in [-0.2, 0) is 9.63 Å². The van der Waals surface area contributed by atoms with Gasteiger partial charge in [0.05, 0.1) is 5.92 Å². The van der Waals surface area contributed by atoms with Gasteiger partial charge in [-0.15, -0.1) is 0 Å². The van der Waals surface area contributed by atoms with Gasteiger partial charge in [0.15, 0.2) is 0 Å². The van der Waals surface area contributed by atoms with Crippen molar-refractivity contribution in [3.63, 3.8) is 0 Å². The second-order valence-electron chi connectivity index (χ2n) is 1.57. The first kappa shape index (κ1) is 7.39. The standard InChI is InChI=1S/C4H10N2O2/c1-3(2-5)4(7)8-6/h3H,2,5-6H2,1H3. The summed E-state index contributed by atoms with van der Waals surface area (Å²) >= 11 is 0. The Morgan fingerprint density at radius 3 is 2.50 bits per heavy atom. The monoisotopic (exact) mass is 118 g/mol. The summed E-state index contributed by atoms with van der Waals surface area (Å²) in [5.41, 5.74) is 5.09. The van der Waals surface area contributed by atoms with E-state index in [1.807, 2.05) is 0 Å². The van der Waals surface area contributed by atoms with Gasteiger partial charge in [-0.1, -0.05) is 6.92 Å². The molecule has 0 aromatic heterocycles. The summed E-state index contributed by atoms with van der Waals surface area (Å²) in [6, 6.07) is 0. The van der Waals surface area contributed by atoms with Crippen LogP contribution in [0.1, 0.15) is 6.92 Å². The smallest absolute Gasteiger partial charge is 0.328 e. The first-order valence-corrected chi connectivity index (χ1v) is 2.33. The molecule has 1 unspecified atom stereocenters. The second-order valence-corrected chi connectivity index (χ2v) is 1.57. The van der Waals surface area contributed by atoms with Crippen LogP contribution in [0.3, 0.4) is 0 Å². The summed E-state index contributed by atoms with van der Waals surface area (Å²) in [4.78, 5) is 14.2. The minimum atomic E-state index is -0.465. The predicted octanol–water partition coefficient (Wildman–Crippen LogP) is -1.00. The van der Waals surface area contributed by atoms with Gasteiger partial charge in [0.1, 0.15) is 0 Å². The Labute approximate surface area is 47.7 Å². The predicted molar refractivity (Wildman–Crippen MR) is 28.5 cm³/mol. The van der Waals surface area contributed by atoms with Gasteiger partial charge in [-0.3, -0.25) is 4.79 Å². The van der Waals surface area contributed by atoms with Crippen molar-refractivity contribution in [2.75, 3.05) is 6.54 Å². The lowest BCUT2D eigenvalue weighted by atomic mass is 10.2. The molecule has 0 aromatic rings. The van der Waals surface area contributed by atoms with E-state index < -0.39 is 5.97 Å². The molecule has 48 valence electrons. The molecular formula is C4H10N2O2. The molecule has 0 radical (unpaired) electrons. The van der Waals surface area contributed by atoms with Gasteiger partial charge in [0.25, 0.3) is 0 Å². The van der Waals surface area contributed by atoms with E-state index in [1.54, 1.807) is 6.92 Å². The fourth-order valence-corrected chi connectivity index (χ4v) is 0.212. The van der Waals surface area contributed by atoms with Gasteiger partial charge >= 0.3 is 5.97 Å². The topological polar surface area (TPSA) is 78.3 Å². The van der Waals surface area contributed by atoms with E-state index in [4.69, 9.17) is 5.73 Å². The molecule has 0 aliphatic carbocycles. The van der Waals surface area contributed by atoms with E-state index in [0.29, 0.717) is 0 Å². The second kappa shape index (κ2) is 3.40. The zero-order valence-corrected chi connectivity index (χ0v) is 4.76. The molecule has 0 rings (SSSR count). The Morgan fingerprint density at radius 1 is 1.88 bits per heavy atom. The number of carbonyl (C=O) groups is 1. The maximum atomic E-state index is 10.3. The number of carbonyl (C=O) groups excluding carboxylic acids is 1. The van der Waals surface area contributed by atoms with E-state index in [-0.39, 0.29) is 12.5 Å². The molecule has 0 spiro atoms. The van der Waals surface area contributed by atoms with Gasteiger partial charge in [-0.05, 0) is 0 Å². The molecule has 0 aliphatic rings. The Hall–Kier alpha value is -0.610. The summed E-state index contributed by atoms with van der Waals surface area (Å²) < 4.78 is 0. The fourth-order valence-electron chi connectivity index (χ4n) is 0.212. The Kier molecular flexibility index (Phi) is 3.14. The highest BCUT2D eigenvalue weighted by Crippen LogP contribution is 1.90. The molecule has 0 saturated heterocycles. The third-order valence-electron chi connectivity index (χ3n) is 0.872. The number of rotatable bonds is 2. The van der Waals surface area contributed by atoms with Crippen molar-refractivity contribution >= 4 is 5.97 Å². The van der Waals surface area contributed by atoms with E-state index in [2.05, 4.69) is 10.7 Å². The van der Waals surface area contributed by atoms with Crippen LogP contribution in [0, 0.1) is 5.92 Å². The highest BCUT2D eigenvalue weighted by Gasteiger charge is 2.09. The Balaban J connectivity index is 3.46. The minimum Gasteiger partial charge on any atom is -0.373 e. The molecule has 0 aliphatic heterocycles. The SMILES string of the molecule is CC(CN)C(=O)ON. The molecule has 0 bridgehead atoms. The minimum absolute atomic E-state index is 0.274. The van der Waals surface area contributed by atoms with Crippen molar-refractivity contribution in [2.24, 2.45) is 17.5 Å². The van der Waals surface area contributed by atoms with Gasteiger partial charge < -0.3 is 10.6 Å². The average Bonchev–Trinajstić information content (AvgIpc) is 1.84. The third kappa shape index (κ3) is 1.90. The molecule has 0 fully saturated rings. The number of nitrogens with two attached hydrogens (primary N) is 2. The lowest BCUT2D eigenvalue weighted by Gasteiger charge is -2.01. The lowest BCUT2D eigenvalue weighted by molar-refractivity contribution is -0.148. The normalized spacial score (nSPS) is 12.9. The third-order valence-corrected chi connectivity index (χ3v) is 0.872. The van der Waals surface area contributed by atoms with Crippen molar-refractivity contribution in [1.29, 1.82) is 0 Å². The molecule has 1 atom stereocenters. The van der Waals surface area contributed by atoms with Crippen LogP contribution in [0.25, 0.3) is 0 Å². The Bertz CT molecular complexity index is 84.1. The molecule has 0 aromatic carbocycles. The van der Waals surface area contributed by atoms with Crippen LogP contribution in [0.15, 0.2) is 0 Å². The number of hydrogen-bond donors (Lipinski definition) is 2. The van der Waals surface area contributed by atoms with Gasteiger partial charge in [-0.2, -0.15) is 5.90 Å². The van der Waals surface area contributed by atoms with Crippen molar-refractivity contribution in [3.05, 3.63) is 0 Å². The molecule has 4 heteroatoms. The highest BCUT2D eigenvalue weighted by molar-refractivity contribution is 5.71. The summed E-state index contributed by atoms with van der Waals surface area (Å²) in [5.74, 6) is 3.79.